The Morgan fingerprint density at radius 2 is 2.00 bits per heavy atom. The Morgan fingerprint density at radius 3 is 2.59 bits per heavy atom. The molecule has 5 nitrogen and oxygen atoms in total. The zero-order valence-corrected chi connectivity index (χ0v) is 9.90. The van der Waals surface area contributed by atoms with Crippen LogP contribution in [0.1, 0.15) is 12.8 Å². The Balaban J connectivity index is 2.25. The van der Waals surface area contributed by atoms with Gasteiger partial charge in [-0.1, -0.05) is 0 Å². The number of nitrogens with zero attached hydrogens (tertiary/aromatic N) is 2. The highest BCUT2D eigenvalue weighted by molar-refractivity contribution is 7.89. The molecule has 0 unspecified atom stereocenters. The predicted molar refractivity (Wildman–Crippen MR) is 58.2 cm³/mol. The second-order valence-corrected chi connectivity index (χ2v) is 5.91. The summed E-state index contributed by atoms with van der Waals surface area (Å²) >= 11 is 0. The summed E-state index contributed by atoms with van der Waals surface area (Å²) in [5.74, 6) is -0.678. The number of pyridine rings is 1. The smallest absolute Gasteiger partial charge is 0.244 e. The van der Waals surface area contributed by atoms with Crippen molar-refractivity contribution in [1.82, 2.24) is 9.29 Å². The first-order valence-electron chi connectivity index (χ1n) is 5.29. The van der Waals surface area contributed by atoms with Crippen LogP contribution >= 0.6 is 0 Å². The second kappa shape index (κ2) is 4.67. The first-order chi connectivity index (χ1) is 8.00. The number of halogens is 1. The molecule has 0 bridgehead atoms. The molecule has 0 radical (unpaired) electrons. The molecule has 0 aromatic carbocycles. The lowest BCUT2D eigenvalue weighted by Gasteiger charge is -2.28. The van der Waals surface area contributed by atoms with E-state index in [1.165, 1.54) is 4.31 Å². The highest BCUT2D eigenvalue weighted by Gasteiger charge is 2.29. The average Bonchev–Trinajstić information content (AvgIpc) is 2.29. The number of aliphatic hydroxyl groups excluding tert-OH is 1. The van der Waals surface area contributed by atoms with Gasteiger partial charge in [0.15, 0.2) is 0 Å². The number of rotatable bonds is 2. The number of hydrogen-bond acceptors (Lipinski definition) is 4. The summed E-state index contributed by atoms with van der Waals surface area (Å²) in [5, 5.41) is 9.31. The number of aromatic nitrogens is 1. The average molecular weight is 260 g/mol. The lowest BCUT2D eigenvalue weighted by Crippen LogP contribution is -2.40. The number of aliphatic hydroxyl groups is 1. The maximum atomic E-state index is 12.9. The third kappa shape index (κ3) is 2.62. The molecule has 0 amide bonds. The molecular formula is C10H13FN2O3S. The monoisotopic (exact) mass is 260 g/mol. The number of hydrogen-bond donors (Lipinski definition) is 1. The summed E-state index contributed by atoms with van der Waals surface area (Å²) in [6.07, 6.45) is 2.44. The van der Waals surface area contributed by atoms with Crippen LogP contribution in [-0.4, -0.2) is 42.0 Å². The molecule has 0 saturated carbocycles. The van der Waals surface area contributed by atoms with E-state index in [1.54, 1.807) is 0 Å². The normalized spacial score (nSPS) is 19.4. The van der Waals surface area contributed by atoms with E-state index in [1.807, 2.05) is 0 Å². The first-order valence-corrected chi connectivity index (χ1v) is 6.73. The van der Waals surface area contributed by atoms with E-state index in [0.717, 1.165) is 18.5 Å². The molecule has 2 heterocycles. The fourth-order valence-corrected chi connectivity index (χ4v) is 3.21. The van der Waals surface area contributed by atoms with Gasteiger partial charge in [-0.25, -0.2) is 12.8 Å². The summed E-state index contributed by atoms with van der Waals surface area (Å²) < 4.78 is 38.4. The van der Waals surface area contributed by atoms with Crippen LogP contribution in [0.2, 0.25) is 0 Å². The summed E-state index contributed by atoms with van der Waals surface area (Å²) in [7, 11) is -3.69. The Labute approximate surface area is 99.0 Å². The first kappa shape index (κ1) is 12.4. The van der Waals surface area contributed by atoms with Crippen LogP contribution < -0.4 is 0 Å². The SMILES string of the molecule is O=S(=O)(c1cncc(F)c1)N1CCC(O)CC1. The summed E-state index contributed by atoms with van der Waals surface area (Å²) in [5.41, 5.74) is 0. The minimum Gasteiger partial charge on any atom is -0.393 e. The van der Waals surface area contributed by atoms with Crippen LogP contribution in [0.4, 0.5) is 4.39 Å². The van der Waals surface area contributed by atoms with Gasteiger partial charge in [-0.15, -0.1) is 0 Å². The molecule has 0 aliphatic carbocycles. The third-order valence-electron chi connectivity index (χ3n) is 2.74. The minimum atomic E-state index is -3.69. The van der Waals surface area contributed by atoms with E-state index >= 15 is 0 Å². The van der Waals surface area contributed by atoms with Gasteiger partial charge in [-0.2, -0.15) is 4.31 Å². The largest absolute Gasteiger partial charge is 0.393 e. The molecule has 1 aliphatic heterocycles. The standard InChI is InChI=1S/C10H13FN2O3S/c11-8-5-10(7-12-6-8)17(15,16)13-3-1-9(14)2-4-13/h5-7,9,14H,1-4H2. The highest BCUT2D eigenvalue weighted by Crippen LogP contribution is 2.20. The quantitative estimate of drug-likeness (QED) is 0.834. The third-order valence-corrected chi connectivity index (χ3v) is 4.60. The Bertz CT molecular complexity index is 498. The minimum absolute atomic E-state index is 0.145. The van der Waals surface area contributed by atoms with Crippen molar-refractivity contribution in [2.75, 3.05) is 13.1 Å². The second-order valence-electron chi connectivity index (χ2n) is 3.97. The molecular weight excluding hydrogens is 247 g/mol. The molecule has 17 heavy (non-hydrogen) atoms. The lowest BCUT2D eigenvalue weighted by molar-refractivity contribution is 0.113. The fraction of sp³-hybridized carbons (Fsp3) is 0.500. The topological polar surface area (TPSA) is 70.5 Å². The molecule has 7 heteroatoms. The van der Waals surface area contributed by atoms with Crippen molar-refractivity contribution in [3.63, 3.8) is 0 Å². The molecule has 1 fully saturated rings. The van der Waals surface area contributed by atoms with E-state index in [2.05, 4.69) is 4.98 Å². The van der Waals surface area contributed by atoms with Crippen molar-refractivity contribution in [2.24, 2.45) is 0 Å². The van der Waals surface area contributed by atoms with Crippen LogP contribution in [0.25, 0.3) is 0 Å². The van der Waals surface area contributed by atoms with Crippen molar-refractivity contribution in [3.05, 3.63) is 24.3 Å². The molecule has 1 aromatic rings. The fourth-order valence-electron chi connectivity index (χ4n) is 1.77. The van der Waals surface area contributed by atoms with E-state index in [0.29, 0.717) is 12.8 Å². The van der Waals surface area contributed by atoms with E-state index in [4.69, 9.17) is 0 Å². The van der Waals surface area contributed by atoms with Gasteiger partial charge in [0.1, 0.15) is 10.7 Å². The van der Waals surface area contributed by atoms with Crippen molar-refractivity contribution in [3.8, 4) is 0 Å². The maximum absolute atomic E-state index is 12.9. The van der Waals surface area contributed by atoms with Gasteiger partial charge < -0.3 is 5.11 Å². The van der Waals surface area contributed by atoms with Crippen molar-refractivity contribution in [2.45, 2.75) is 23.8 Å². The molecule has 1 saturated heterocycles. The van der Waals surface area contributed by atoms with Gasteiger partial charge in [-0.3, -0.25) is 4.98 Å². The van der Waals surface area contributed by atoms with Crippen LogP contribution in [0.5, 0.6) is 0 Å². The van der Waals surface area contributed by atoms with E-state index < -0.39 is 21.9 Å². The van der Waals surface area contributed by atoms with Gasteiger partial charge in [-0.05, 0) is 18.9 Å². The number of sulfonamides is 1. The number of piperidine rings is 1. The zero-order valence-electron chi connectivity index (χ0n) is 9.08. The van der Waals surface area contributed by atoms with Crippen LogP contribution in [0.15, 0.2) is 23.4 Å². The summed E-state index contributed by atoms with van der Waals surface area (Å²) in [6.45, 7) is 0.500. The van der Waals surface area contributed by atoms with E-state index in [9.17, 15) is 17.9 Å². The van der Waals surface area contributed by atoms with Crippen molar-refractivity contribution < 1.29 is 17.9 Å². The maximum Gasteiger partial charge on any atom is 0.244 e. The van der Waals surface area contributed by atoms with Gasteiger partial charge in [0.05, 0.1) is 12.3 Å². The van der Waals surface area contributed by atoms with Gasteiger partial charge in [0.25, 0.3) is 0 Å². The van der Waals surface area contributed by atoms with Crippen LogP contribution in [0, 0.1) is 5.82 Å². The molecule has 94 valence electrons. The molecule has 1 aromatic heterocycles. The molecule has 0 spiro atoms. The molecule has 0 atom stereocenters. The molecule has 2 rings (SSSR count). The summed E-state index contributed by atoms with van der Waals surface area (Å²) in [6, 6.07) is 0.952. The Morgan fingerprint density at radius 1 is 1.35 bits per heavy atom. The molecule has 1 N–H and O–H groups in total. The zero-order chi connectivity index (χ0) is 12.5. The highest BCUT2D eigenvalue weighted by atomic mass is 32.2. The predicted octanol–water partition coefficient (Wildman–Crippen LogP) is 0.366. The Kier molecular flexibility index (Phi) is 3.41. The van der Waals surface area contributed by atoms with Crippen LogP contribution in [-0.2, 0) is 10.0 Å². The van der Waals surface area contributed by atoms with Crippen molar-refractivity contribution in [1.29, 1.82) is 0 Å². The van der Waals surface area contributed by atoms with Gasteiger partial charge >= 0.3 is 0 Å². The lowest BCUT2D eigenvalue weighted by atomic mass is 10.1. The van der Waals surface area contributed by atoms with Crippen molar-refractivity contribution >= 4 is 10.0 Å². The Hall–Kier alpha value is -1.05. The summed E-state index contributed by atoms with van der Waals surface area (Å²) in [4.78, 5) is 3.39. The van der Waals surface area contributed by atoms with Gasteiger partial charge in [0.2, 0.25) is 10.0 Å². The van der Waals surface area contributed by atoms with Crippen LogP contribution in [0.3, 0.4) is 0 Å². The van der Waals surface area contributed by atoms with Gasteiger partial charge in [0, 0.05) is 19.3 Å². The van der Waals surface area contributed by atoms with E-state index in [-0.39, 0.29) is 18.0 Å². The molecule has 1 aliphatic rings.